The Hall–Kier alpha value is -1.28. The van der Waals surface area contributed by atoms with Crippen LogP contribution in [0.2, 0.25) is 0 Å². The van der Waals surface area contributed by atoms with Crippen LogP contribution in [0.5, 0.6) is 0 Å². The van der Waals surface area contributed by atoms with E-state index in [1.54, 1.807) is 0 Å². The predicted molar refractivity (Wildman–Crippen MR) is 64.3 cm³/mol. The second-order valence-electron chi connectivity index (χ2n) is 5.45. The minimum Gasteiger partial charge on any atom is -0.444 e. The molecule has 0 aromatic carbocycles. The predicted octanol–water partition coefficient (Wildman–Crippen LogP) is 1.40. The van der Waals surface area contributed by atoms with Crippen LogP contribution < -0.4 is 10.6 Å². The number of hydrogen-bond acceptors (Lipinski definition) is 4. The summed E-state index contributed by atoms with van der Waals surface area (Å²) >= 11 is 0. The number of nitrogens with one attached hydrogen (secondary N) is 2. The Labute approximate surface area is 103 Å². The maximum absolute atomic E-state index is 11.6. The van der Waals surface area contributed by atoms with Crippen molar-refractivity contribution in [1.82, 2.24) is 10.6 Å². The molecule has 5 heteroatoms. The Bertz CT molecular complexity index is 317. The number of ether oxygens (including phenoxy) is 1. The quantitative estimate of drug-likeness (QED) is 0.764. The molecule has 17 heavy (non-hydrogen) atoms. The second kappa shape index (κ2) is 5.37. The Morgan fingerprint density at radius 2 is 2.24 bits per heavy atom. The monoisotopic (exact) mass is 239 g/mol. The molecule has 1 aliphatic heterocycles. The lowest BCUT2D eigenvalue weighted by Crippen LogP contribution is -2.44. The van der Waals surface area contributed by atoms with Crippen LogP contribution in [-0.4, -0.2) is 30.3 Å². The van der Waals surface area contributed by atoms with Crippen molar-refractivity contribution in [2.75, 3.05) is 6.54 Å². The summed E-state index contributed by atoms with van der Waals surface area (Å²) in [4.78, 5) is 11.6. The number of alkyl carbamates (subject to hydrolysis) is 1. The molecule has 0 bridgehead atoms. The number of carbonyl (C=O) groups excluding carboxylic acids is 1. The molecule has 0 aromatic heterocycles. The van der Waals surface area contributed by atoms with Gasteiger partial charge in [0.15, 0.2) is 0 Å². The summed E-state index contributed by atoms with van der Waals surface area (Å²) in [6.45, 7) is 8.21. The molecule has 1 heterocycles. The first kappa shape index (κ1) is 13.8. The molecular weight excluding hydrogens is 218 g/mol. The third-order valence-electron chi connectivity index (χ3n) is 2.80. The normalized spacial score (nSPS) is 26.1. The zero-order chi connectivity index (χ0) is 13.1. The van der Waals surface area contributed by atoms with Gasteiger partial charge in [0.25, 0.3) is 0 Å². The van der Waals surface area contributed by atoms with Gasteiger partial charge in [-0.2, -0.15) is 5.26 Å². The lowest BCUT2D eigenvalue weighted by molar-refractivity contribution is 0.0492. The molecule has 0 aliphatic carbocycles. The molecule has 96 valence electrons. The van der Waals surface area contributed by atoms with Crippen molar-refractivity contribution < 1.29 is 9.53 Å². The molecule has 0 radical (unpaired) electrons. The Morgan fingerprint density at radius 1 is 1.59 bits per heavy atom. The fraction of sp³-hybridized carbons (Fsp3) is 0.833. The molecule has 1 saturated heterocycles. The fourth-order valence-corrected chi connectivity index (χ4v) is 2.00. The lowest BCUT2D eigenvalue weighted by atomic mass is 9.94. The minimum absolute atomic E-state index is 0.0653. The van der Waals surface area contributed by atoms with Gasteiger partial charge < -0.3 is 15.4 Å². The van der Waals surface area contributed by atoms with E-state index in [0.717, 1.165) is 13.0 Å². The third-order valence-corrected chi connectivity index (χ3v) is 2.80. The van der Waals surface area contributed by atoms with E-state index in [9.17, 15) is 4.79 Å². The zero-order valence-corrected chi connectivity index (χ0v) is 10.9. The molecule has 1 amide bonds. The van der Waals surface area contributed by atoms with Gasteiger partial charge in [-0.05, 0) is 40.7 Å². The largest absolute Gasteiger partial charge is 0.444 e. The Kier molecular flexibility index (Phi) is 4.35. The van der Waals surface area contributed by atoms with Gasteiger partial charge in [0, 0.05) is 12.0 Å². The molecular formula is C12H21N3O2. The highest BCUT2D eigenvalue weighted by Crippen LogP contribution is 2.19. The van der Waals surface area contributed by atoms with Gasteiger partial charge in [0.1, 0.15) is 11.6 Å². The van der Waals surface area contributed by atoms with E-state index in [4.69, 9.17) is 10.00 Å². The summed E-state index contributed by atoms with van der Waals surface area (Å²) in [6.07, 6.45) is 0.475. The highest BCUT2D eigenvalue weighted by atomic mass is 16.6. The smallest absolute Gasteiger partial charge is 0.407 e. The van der Waals surface area contributed by atoms with E-state index in [2.05, 4.69) is 16.7 Å². The van der Waals surface area contributed by atoms with E-state index in [1.807, 2.05) is 27.7 Å². The van der Waals surface area contributed by atoms with Crippen molar-refractivity contribution >= 4 is 6.09 Å². The van der Waals surface area contributed by atoms with Crippen LogP contribution in [0, 0.1) is 17.2 Å². The maximum atomic E-state index is 11.6. The van der Waals surface area contributed by atoms with Crippen LogP contribution in [-0.2, 0) is 4.74 Å². The first-order valence-electron chi connectivity index (χ1n) is 5.96. The number of rotatable bonds is 2. The molecule has 2 N–H and O–H groups in total. The average Bonchev–Trinajstić information content (AvgIpc) is 2.61. The highest BCUT2D eigenvalue weighted by molar-refractivity contribution is 5.68. The molecule has 0 spiro atoms. The number of nitriles is 1. The molecule has 3 atom stereocenters. The topological polar surface area (TPSA) is 74.2 Å². The van der Waals surface area contributed by atoms with E-state index < -0.39 is 11.7 Å². The van der Waals surface area contributed by atoms with Crippen LogP contribution in [0.15, 0.2) is 0 Å². The Morgan fingerprint density at radius 3 is 2.76 bits per heavy atom. The molecule has 0 aromatic rings. The summed E-state index contributed by atoms with van der Waals surface area (Å²) in [6, 6.07) is 1.97. The van der Waals surface area contributed by atoms with Crippen molar-refractivity contribution in [2.45, 2.75) is 51.8 Å². The first-order valence-corrected chi connectivity index (χ1v) is 5.96. The van der Waals surface area contributed by atoms with E-state index in [1.165, 1.54) is 0 Å². The summed E-state index contributed by atoms with van der Waals surface area (Å²) in [7, 11) is 0. The van der Waals surface area contributed by atoms with Gasteiger partial charge in [0.2, 0.25) is 0 Å². The van der Waals surface area contributed by atoms with Crippen LogP contribution in [0.1, 0.15) is 34.1 Å². The van der Waals surface area contributed by atoms with E-state index in [0.29, 0.717) is 0 Å². The second-order valence-corrected chi connectivity index (χ2v) is 5.45. The van der Waals surface area contributed by atoms with Gasteiger partial charge in [-0.15, -0.1) is 0 Å². The van der Waals surface area contributed by atoms with Gasteiger partial charge in [-0.3, -0.25) is 0 Å². The standard InChI is InChI=1S/C12H21N3O2/c1-8(9-5-6-14-10(9)7-13)15-11(16)17-12(2,3)4/h8-10,14H,5-6H2,1-4H3,(H,15,16). The van der Waals surface area contributed by atoms with Crippen LogP contribution >= 0.6 is 0 Å². The summed E-state index contributed by atoms with van der Waals surface area (Å²) in [5.74, 6) is 0.146. The number of amides is 1. The van der Waals surface area contributed by atoms with E-state index >= 15 is 0 Å². The molecule has 3 unspecified atom stereocenters. The Balaban J connectivity index is 2.46. The van der Waals surface area contributed by atoms with Crippen LogP contribution in [0.4, 0.5) is 4.79 Å². The highest BCUT2D eigenvalue weighted by Gasteiger charge is 2.32. The third kappa shape index (κ3) is 4.23. The SMILES string of the molecule is CC(NC(=O)OC(C)(C)C)C1CCNC1C#N. The van der Waals surface area contributed by atoms with Gasteiger partial charge >= 0.3 is 6.09 Å². The number of carbonyl (C=O) groups is 1. The number of nitrogens with zero attached hydrogens (tertiary/aromatic N) is 1. The summed E-state index contributed by atoms with van der Waals surface area (Å²) < 4.78 is 5.18. The van der Waals surface area contributed by atoms with Crippen LogP contribution in [0.25, 0.3) is 0 Å². The summed E-state index contributed by atoms with van der Waals surface area (Å²) in [5, 5.41) is 14.8. The molecule has 0 saturated carbocycles. The average molecular weight is 239 g/mol. The van der Waals surface area contributed by atoms with Gasteiger partial charge in [-0.1, -0.05) is 0 Å². The molecule has 5 nitrogen and oxygen atoms in total. The van der Waals surface area contributed by atoms with Crippen molar-refractivity contribution in [3.63, 3.8) is 0 Å². The fourth-order valence-electron chi connectivity index (χ4n) is 2.00. The molecule has 1 fully saturated rings. The molecule has 1 rings (SSSR count). The van der Waals surface area contributed by atoms with Crippen molar-refractivity contribution in [1.29, 1.82) is 5.26 Å². The minimum atomic E-state index is -0.494. The summed E-state index contributed by atoms with van der Waals surface area (Å²) in [5.41, 5.74) is -0.494. The van der Waals surface area contributed by atoms with Crippen molar-refractivity contribution in [3.8, 4) is 6.07 Å². The maximum Gasteiger partial charge on any atom is 0.407 e. The number of hydrogen-bond donors (Lipinski definition) is 2. The first-order chi connectivity index (χ1) is 7.83. The lowest BCUT2D eigenvalue weighted by Gasteiger charge is -2.25. The zero-order valence-electron chi connectivity index (χ0n) is 10.9. The van der Waals surface area contributed by atoms with E-state index in [-0.39, 0.29) is 18.0 Å². The van der Waals surface area contributed by atoms with Gasteiger partial charge in [-0.25, -0.2) is 4.79 Å². The molecule has 1 aliphatic rings. The van der Waals surface area contributed by atoms with Crippen molar-refractivity contribution in [3.05, 3.63) is 0 Å². The van der Waals surface area contributed by atoms with Gasteiger partial charge in [0.05, 0.1) is 6.07 Å². The van der Waals surface area contributed by atoms with Crippen LogP contribution in [0.3, 0.4) is 0 Å². The van der Waals surface area contributed by atoms with Crippen molar-refractivity contribution in [2.24, 2.45) is 5.92 Å².